The van der Waals surface area contributed by atoms with Crippen molar-refractivity contribution in [2.24, 2.45) is 0 Å². The van der Waals surface area contributed by atoms with E-state index in [4.69, 9.17) is 0 Å². The van der Waals surface area contributed by atoms with Gasteiger partial charge in [0.15, 0.2) is 0 Å². The van der Waals surface area contributed by atoms with E-state index in [1.807, 2.05) is 31.1 Å². The lowest BCUT2D eigenvalue weighted by atomic mass is 9.92. The molecule has 31 heavy (non-hydrogen) atoms. The van der Waals surface area contributed by atoms with Gasteiger partial charge in [0.1, 0.15) is 0 Å². The van der Waals surface area contributed by atoms with Crippen LogP contribution < -0.4 is 14.7 Å². The molecule has 0 fully saturated rings. The first kappa shape index (κ1) is 18.7. The van der Waals surface area contributed by atoms with Crippen LogP contribution in [0.1, 0.15) is 20.7 Å². The zero-order chi connectivity index (χ0) is 21.9. The fourth-order valence-corrected chi connectivity index (χ4v) is 4.17. The van der Waals surface area contributed by atoms with E-state index in [0.29, 0.717) is 16.5 Å². The molecule has 2 heterocycles. The van der Waals surface area contributed by atoms with Crippen LogP contribution in [-0.2, 0) is 9.59 Å². The van der Waals surface area contributed by atoms with E-state index in [9.17, 15) is 19.2 Å². The minimum atomic E-state index is -0.521. The van der Waals surface area contributed by atoms with E-state index < -0.39 is 23.6 Å². The number of para-hydroxylation sites is 2. The van der Waals surface area contributed by atoms with Gasteiger partial charge in [0.2, 0.25) is 0 Å². The average Bonchev–Trinajstić information content (AvgIpc) is 3.09. The molecule has 7 nitrogen and oxygen atoms in total. The molecule has 0 saturated heterocycles. The summed E-state index contributed by atoms with van der Waals surface area (Å²) in [5.41, 5.74) is 2.05. The molecule has 0 spiro atoms. The van der Waals surface area contributed by atoms with Crippen LogP contribution in [0, 0.1) is 0 Å². The molecule has 0 bridgehead atoms. The first-order valence-corrected chi connectivity index (χ1v) is 9.67. The number of hydrogen-bond donors (Lipinski definition) is 0. The summed E-state index contributed by atoms with van der Waals surface area (Å²) in [4.78, 5) is 55.5. The predicted molar refractivity (Wildman–Crippen MR) is 117 cm³/mol. The number of nitrogens with zero attached hydrogens (tertiary/aromatic N) is 3. The van der Waals surface area contributed by atoms with Gasteiger partial charge in [-0.1, -0.05) is 24.3 Å². The molecule has 0 saturated carbocycles. The van der Waals surface area contributed by atoms with Crippen LogP contribution in [0.5, 0.6) is 0 Å². The standard InChI is InChI=1S/C24H17N3O4/c1-25(2)17-11-10-16-22-14(17)6-5-7-15(22)23(30)27(24(16)31)19-9-4-3-8-18(19)26-20(28)12-13-21(26)29/h3-13H,1-2H3. The largest absolute Gasteiger partial charge is 0.377 e. The molecular weight excluding hydrogens is 394 g/mol. The van der Waals surface area contributed by atoms with Crippen molar-refractivity contribution in [2.75, 3.05) is 28.8 Å². The summed E-state index contributed by atoms with van der Waals surface area (Å²) in [7, 11) is 3.80. The fourth-order valence-electron chi connectivity index (χ4n) is 4.17. The highest BCUT2D eigenvalue weighted by Crippen LogP contribution is 2.40. The van der Waals surface area contributed by atoms with E-state index in [-0.39, 0.29) is 11.4 Å². The highest BCUT2D eigenvalue weighted by Gasteiger charge is 2.38. The van der Waals surface area contributed by atoms with Crippen molar-refractivity contribution in [1.82, 2.24) is 0 Å². The zero-order valence-corrected chi connectivity index (χ0v) is 16.8. The Morgan fingerprint density at radius 2 is 1.23 bits per heavy atom. The van der Waals surface area contributed by atoms with E-state index >= 15 is 0 Å². The van der Waals surface area contributed by atoms with Crippen LogP contribution in [0.2, 0.25) is 0 Å². The van der Waals surface area contributed by atoms with Crippen LogP contribution in [0.15, 0.2) is 66.7 Å². The first-order valence-electron chi connectivity index (χ1n) is 9.67. The second-order valence-corrected chi connectivity index (χ2v) is 7.53. The van der Waals surface area contributed by atoms with E-state index in [0.717, 1.165) is 33.0 Å². The number of carbonyl (C=O) groups excluding carboxylic acids is 4. The van der Waals surface area contributed by atoms with Crippen LogP contribution in [0.4, 0.5) is 17.1 Å². The monoisotopic (exact) mass is 411 g/mol. The Morgan fingerprint density at radius 3 is 1.84 bits per heavy atom. The summed E-state index contributed by atoms with van der Waals surface area (Å²) < 4.78 is 0. The summed E-state index contributed by atoms with van der Waals surface area (Å²) in [6.07, 6.45) is 2.33. The number of carbonyl (C=O) groups is 4. The topological polar surface area (TPSA) is 78.0 Å². The normalized spacial score (nSPS) is 15.4. The maximum atomic E-state index is 13.5. The molecule has 5 rings (SSSR count). The van der Waals surface area contributed by atoms with E-state index in [1.54, 1.807) is 42.5 Å². The van der Waals surface area contributed by atoms with Crippen LogP contribution in [0.25, 0.3) is 10.8 Å². The first-order chi connectivity index (χ1) is 14.9. The van der Waals surface area contributed by atoms with Crippen molar-refractivity contribution in [3.8, 4) is 0 Å². The van der Waals surface area contributed by atoms with Crippen LogP contribution in [0.3, 0.4) is 0 Å². The third-order valence-corrected chi connectivity index (χ3v) is 5.54. The number of amides is 4. The molecule has 152 valence electrons. The Balaban J connectivity index is 1.72. The van der Waals surface area contributed by atoms with Gasteiger partial charge in [-0.25, -0.2) is 9.80 Å². The molecule has 0 unspecified atom stereocenters. The lowest BCUT2D eigenvalue weighted by Crippen LogP contribution is -2.42. The SMILES string of the molecule is CN(C)c1ccc2c3c(cccc13)C(=O)N(c1ccccc1N1C(=O)C=CC1=O)C2=O. The number of benzene rings is 3. The van der Waals surface area contributed by atoms with Gasteiger partial charge in [0.25, 0.3) is 23.6 Å². The fraction of sp³-hybridized carbons (Fsp3) is 0.0833. The summed E-state index contributed by atoms with van der Waals surface area (Å²) in [6.45, 7) is 0. The minimum Gasteiger partial charge on any atom is -0.377 e. The van der Waals surface area contributed by atoms with Gasteiger partial charge in [-0.15, -0.1) is 0 Å². The molecule has 2 aliphatic rings. The molecule has 0 radical (unpaired) electrons. The van der Waals surface area contributed by atoms with Gasteiger partial charge in [-0.2, -0.15) is 0 Å². The molecule has 0 N–H and O–H groups in total. The van der Waals surface area contributed by atoms with Crippen LogP contribution in [-0.4, -0.2) is 37.7 Å². The molecule has 0 aliphatic carbocycles. The summed E-state index contributed by atoms with van der Waals surface area (Å²) >= 11 is 0. The maximum Gasteiger partial charge on any atom is 0.266 e. The van der Waals surface area contributed by atoms with Gasteiger partial charge >= 0.3 is 0 Å². The third kappa shape index (κ3) is 2.60. The zero-order valence-electron chi connectivity index (χ0n) is 16.8. The lowest BCUT2D eigenvalue weighted by Gasteiger charge is -2.31. The van der Waals surface area contributed by atoms with Gasteiger partial charge < -0.3 is 4.90 Å². The van der Waals surface area contributed by atoms with Crippen molar-refractivity contribution >= 4 is 51.5 Å². The Hall–Kier alpha value is -4.26. The minimum absolute atomic E-state index is 0.183. The molecule has 3 aromatic rings. The molecule has 3 aromatic carbocycles. The Bertz CT molecular complexity index is 1320. The van der Waals surface area contributed by atoms with Crippen molar-refractivity contribution in [3.05, 3.63) is 77.9 Å². The van der Waals surface area contributed by atoms with Gasteiger partial charge in [0, 0.05) is 53.8 Å². The number of hydrogen-bond acceptors (Lipinski definition) is 5. The Labute approximate surface area is 177 Å². The number of anilines is 3. The molecule has 4 amide bonds. The second kappa shape index (κ2) is 6.63. The van der Waals surface area contributed by atoms with Gasteiger partial charge in [-0.3, -0.25) is 19.2 Å². The summed E-state index contributed by atoms with van der Waals surface area (Å²) in [6, 6.07) is 15.3. The molecule has 7 heteroatoms. The Kier molecular flexibility index (Phi) is 4.01. The molecule has 2 aliphatic heterocycles. The maximum absolute atomic E-state index is 13.5. The van der Waals surface area contributed by atoms with Crippen LogP contribution >= 0.6 is 0 Å². The third-order valence-electron chi connectivity index (χ3n) is 5.54. The lowest BCUT2D eigenvalue weighted by molar-refractivity contribution is -0.119. The average molecular weight is 411 g/mol. The number of rotatable bonds is 3. The molecular formula is C24H17N3O4. The molecule has 0 aromatic heterocycles. The van der Waals surface area contributed by atoms with Gasteiger partial charge in [-0.05, 0) is 30.3 Å². The number of imide groups is 2. The summed E-state index contributed by atoms with van der Waals surface area (Å²) in [5.74, 6) is -2.04. The Morgan fingerprint density at radius 1 is 0.645 bits per heavy atom. The van der Waals surface area contributed by atoms with Crippen molar-refractivity contribution in [3.63, 3.8) is 0 Å². The predicted octanol–water partition coefficient (Wildman–Crippen LogP) is 3.14. The van der Waals surface area contributed by atoms with Gasteiger partial charge in [0.05, 0.1) is 11.4 Å². The molecule has 0 atom stereocenters. The smallest absolute Gasteiger partial charge is 0.266 e. The highest BCUT2D eigenvalue weighted by molar-refractivity contribution is 6.38. The van der Waals surface area contributed by atoms with Crippen molar-refractivity contribution < 1.29 is 19.2 Å². The second-order valence-electron chi connectivity index (χ2n) is 7.53. The van der Waals surface area contributed by atoms with Crippen molar-refractivity contribution in [2.45, 2.75) is 0 Å². The summed E-state index contributed by atoms with van der Waals surface area (Å²) in [5, 5.41) is 1.41. The van der Waals surface area contributed by atoms with E-state index in [2.05, 4.69) is 0 Å². The van der Waals surface area contributed by atoms with E-state index in [1.165, 1.54) is 0 Å². The van der Waals surface area contributed by atoms with Crippen molar-refractivity contribution in [1.29, 1.82) is 0 Å². The quantitative estimate of drug-likeness (QED) is 0.619. The highest BCUT2D eigenvalue weighted by atomic mass is 16.2.